The summed E-state index contributed by atoms with van der Waals surface area (Å²) in [5.41, 5.74) is 1.45. The molecule has 1 aromatic rings. The maximum atomic E-state index is 12.1. The standard InChI is InChI=1S/C14H18BrNO3/c1-10-11(3-2-4-12(10)15)7-13(18)16-14(8-17)5-6-19-9-14/h2-4,17H,5-9H2,1H3,(H,16,18)/t14-/m0/s1. The van der Waals surface area contributed by atoms with Crippen molar-refractivity contribution in [2.24, 2.45) is 0 Å². The van der Waals surface area contributed by atoms with Gasteiger partial charge < -0.3 is 15.2 Å². The minimum absolute atomic E-state index is 0.0826. The van der Waals surface area contributed by atoms with Crippen molar-refractivity contribution >= 4 is 21.8 Å². The van der Waals surface area contributed by atoms with Crippen molar-refractivity contribution in [3.8, 4) is 0 Å². The Bertz CT molecular complexity index is 470. The minimum Gasteiger partial charge on any atom is -0.394 e. The summed E-state index contributed by atoms with van der Waals surface area (Å²) in [4.78, 5) is 12.1. The molecule has 1 amide bonds. The molecule has 5 heteroatoms. The smallest absolute Gasteiger partial charge is 0.225 e. The summed E-state index contributed by atoms with van der Waals surface area (Å²) < 4.78 is 6.26. The molecule has 0 unspecified atom stereocenters. The lowest BCUT2D eigenvalue weighted by Gasteiger charge is -2.26. The van der Waals surface area contributed by atoms with Crippen LogP contribution in [0.5, 0.6) is 0 Å². The molecule has 2 rings (SSSR count). The van der Waals surface area contributed by atoms with Crippen LogP contribution in [0.25, 0.3) is 0 Å². The van der Waals surface area contributed by atoms with Crippen LogP contribution in [0, 0.1) is 6.92 Å². The van der Waals surface area contributed by atoms with Crippen molar-refractivity contribution in [1.82, 2.24) is 5.32 Å². The summed E-state index contributed by atoms with van der Waals surface area (Å²) in [5.74, 6) is -0.0826. The molecule has 1 fully saturated rings. The van der Waals surface area contributed by atoms with Crippen LogP contribution >= 0.6 is 15.9 Å². The third kappa shape index (κ3) is 3.35. The zero-order valence-electron chi connectivity index (χ0n) is 10.9. The van der Waals surface area contributed by atoms with Crippen molar-refractivity contribution in [1.29, 1.82) is 0 Å². The third-order valence-electron chi connectivity index (χ3n) is 3.54. The number of aliphatic hydroxyl groups is 1. The highest BCUT2D eigenvalue weighted by atomic mass is 79.9. The van der Waals surface area contributed by atoms with Crippen LogP contribution in [0.1, 0.15) is 17.5 Å². The van der Waals surface area contributed by atoms with Crippen molar-refractivity contribution in [3.63, 3.8) is 0 Å². The van der Waals surface area contributed by atoms with Gasteiger partial charge in [-0.1, -0.05) is 28.1 Å². The SMILES string of the molecule is Cc1c(Br)cccc1CC(=O)N[C@]1(CO)CCOC1. The highest BCUT2D eigenvalue weighted by Crippen LogP contribution is 2.21. The van der Waals surface area contributed by atoms with E-state index in [1.165, 1.54) is 0 Å². The summed E-state index contributed by atoms with van der Waals surface area (Å²) in [7, 11) is 0. The van der Waals surface area contributed by atoms with Crippen LogP contribution in [-0.2, 0) is 16.0 Å². The molecule has 1 saturated heterocycles. The van der Waals surface area contributed by atoms with Gasteiger partial charge in [0.2, 0.25) is 5.91 Å². The van der Waals surface area contributed by atoms with E-state index in [1.807, 2.05) is 25.1 Å². The lowest BCUT2D eigenvalue weighted by Crippen LogP contribution is -2.52. The molecule has 1 atom stereocenters. The molecule has 0 spiro atoms. The number of rotatable bonds is 4. The number of carbonyl (C=O) groups excluding carboxylic acids is 1. The normalized spacial score (nSPS) is 22.5. The van der Waals surface area contributed by atoms with E-state index in [2.05, 4.69) is 21.2 Å². The van der Waals surface area contributed by atoms with Gasteiger partial charge in [-0.05, 0) is 30.5 Å². The number of amides is 1. The molecule has 1 aromatic carbocycles. The highest BCUT2D eigenvalue weighted by Gasteiger charge is 2.35. The molecule has 0 saturated carbocycles. The molecule has 0 bridgehead atoms. The molecule has 1 heterocycles. The van der Waals surface area contributed by atoms with E-state index in [0.717, 1.165) is 15.6 Å². The third-order valence-corrected chi connectivity index (χ3v) is 4.40. The molecular weight excluding hydrogens is 310 g/mol. The van der Waals surface area contributed by atoms with Crippen LogP contribution in [0.3, 0.4) is 0 Å². The number of ether oxygens (including phenoxy) is 1. The van der Waals surface area contributed by atoms with E-state index < -0.39 is 5.54 Å². The molecule has 1 aliphatic heterocycles. The highest BCUT2D eigenvalue weighted by molar-refractivity contribution is 9.10. The van der Waals surface area contributed by atoms with Gasteiger partial charge in [0.05, 0.1) is 25.2 Å². The Morgan fingerprint density at radius 1 is 1.58 bits per heavy atom. The van der Waals surface area contributed by atoms with Crippen LogP contribution in [0.2, 0.25) is 0 Å². The first-order valence-corrected chi connectivity index (χ1v) is 7.09. The average Bonchev–Trinajstić information content (AvgIpc) is 2.84. The maximum absolute atomic E-state index is 12.1. The van der Waals surface area contributed by atoms with Gasteiger partial charge in [0.1, 0.15) is 0 Å². The van der Waals surface area contributed by atoms with Gasteiger partial charge in [0.15, 0.2) is 0 Å². The van der Waals surface area contributed by atoms with Gasteiger partial charge in [0.25, 0.3) is 0 Å². The zero-order valence-corrected chi connectivity index (χ0v) is 12.5. The number of hydrogen-bond donors (Lipinski definition) is 2. The molecule has 2 N–H and O–H groups in total. The lowest BCUT2D eigenvalue weighted by molar-refractivity contribution is -0.123. The van der Waals surface area contributed by atoms with E-state index in [4.69, 9.17) is 4.74 Å². The van der Waals surface area contributed by atoms with Gasteiger partial charge in [-0.25, -0.2) is 0 Å². The quantitative estimate of drug-likeness (QED) is 0.882. The van der Waals surface area contributed by atoms with E-state index in [9.17, 15) is 9.90 Å². The lowest BCUT2D eigenvalue weighted by atomic mass is 9.98. The Hall–Kier alpha value is -0.910. The molecule has 0 radical (unpaired) electrons. The average molecular weight is 328 g/mol. The first-order chi connectivity index (χ1) is 9.06. The summed E-state index contributed by atoms with van der Waals surface area (Å²) in [6, 6.07) is 5.81. The van der Waals surface area contributed by atoms with Crippen LogP contribution < -0.4 is 5.32 Å². The molecular formula is C14H18BrNO3. The van der Waals surface area contributed by atoms with Gasteiger partial charge in [-0.2, -0.15) is 0 Å². The summed E-state index contributed by atoms with van der Waals surface area (Å²) in [5, 5.41) is 12.3. The van der Waals surface area contributed by atoms with Crippen molar-refractivity contribution < 1.29 is 14.6 Å². The van der Waals surface area contributed by atoms with E-state index in [-0.39, 0.29) is 12.5 Å². The summed E-state index contributed by atoms with van der Waals surface area (Å²) >= 11 is 3.46. The topological polar surface area (TPSA) is 58.6 Å². The second-order valence-corrected chi connectivity index (χ2v) is 5.84. The first kappa shape index (κ1) is 14.5. The summed E-state index contributed by atoms with van der Waals surface area (Å²) in [6.07, 6.45) is 0.972. The van der Waals surface area contributed by atoms with Crippen LogP contribution in [-0.4, -0.2) is 36.4 Å². The number of benzene rings is 1. The maximum Gasteiger partial charge on any atom is 0.225 e. The second kappa shape index (κ2) is 6.03. The fourth-order valence-corrected chi connectivity index (χ4v) is 2.63. The molecule has 19 heavy (non-hydrogen) atoms. The van der Waals surface area contributed by atoms with E-state index in [1.54, 1.807) is 0 Å². The molecule has 0 aromatic heterocycles. The van der Waals surface area contributed by atoms with Crippen molar-refractivity contribution in [2.45, 2.75) is 25.3 Å². The number of hydrogen-bond acceptors (Lipinski definition) is 3. The van der Waals surface area contributed by atoms with Crippen molar-refractivity contribution in [3.05, 3.63) is 33.8 Å². The fourth-order valence-electron chi connectivity index (χ4n) is 2.23. The first-order valence-electron chi connectivity index (χ1n) is 6.30. The molecule has 4 nitrogen and oxygen atoms in total. The number of aliphatic hydroxyl groups excluding tert-OH is 1. The number of nitrogens with one attached hydrogen (secondary N) is 1. The van der Waals surface area contributed by atoms with Gasteiger partial charge in [0, 0.05) is 11.1 Å². The molecule has 1 aliphatic rings. The molecule has 104 valence electrons. The fraction of sp³-hybridized carbons (Fsp3) is 0.500. The Balaban J connectivity index is 2.03. The predicted octanol–water partition coefficient (Wildman–Crippen LogP) is 1.57. The van der Waals surface area contributed by atoms with E-state index >= 15 is 0 Å². The zero-order chi connectivity index (χ0) is 13.9. The van der Waals surface area contributed by atoms with E-state index in [0.29, 0.717) is 26.1 Å². The Labute approximate surface area is 121 Å². The van der Waals surface area contributed by atoms with Crippen LogP contribution in [0.15, 0.2) is 22.7 Å². The van der Waals surface area contributed by atoms with Crippen LogP contribution in [0.4, 0.5) is 0 Å². The monoisotopic (exact) mass is 327 g/mol. The Morgan fingerprint density at radius 3 is 3.00 bits per heavy atom. The largest absolute Gasteiger partial charge is 0.394 e. The Morgan fingerprint density at radius 2 is 2.37 bits per heavy atom. The molecule has 0 aliphatic carbocycles. The second-order valence-electron chi connectivity index (χ2n) is 4.99. The predicted molar refractivity (Wildman–Crippen MR) is 76.0 cm³/mol. The minimum atomic E-state index is -0.600. The summed E-state index contributed by atoms with van der Waals surface area (Å²) in [6.45, 7) is 2.85. The van der Waals surface area contributed by atoms with Crippen molar-refractivity contribution in [2.75, 3.05) is 19.8 Å². The Kier molecular flexibility index (Phi) is 4.60. The number of carbonyl (C=O) groups is 1. The van der Waals surface area contributed by atoms with Gasteiger partial charge in [-0.3, -0.25) is 4.79 Å². The van der Waals surface area contributed by atoms with Gasteiger partial charge >= 0.3 is 0 Å². The van der Waals surface area contributed by atoms with Gasteiger partial charge in [-0.15, -0.1) is 0 Å². The number of halogens is 1.